The molecule has 0 bridgehead atoms. The van der Waals surface area contributed by atoms with Crippen LogP contribution in [0.2, 0.25) is 5.02 Å². The lowest BCUT2D eigenvalue weighted by molar-refractivity contribution is -0.139. The van der Waals surface area contributed by atoms with Gasteiger partial charge in [0, 0.05) is 23.1 Å². The molecule has 1 atom stereocenters. The van der Waals surface area contributed by atoms with Crippen molar-refractivity contribution in [2.45, 2.75) is 31.3 Å². The number of likely N-dealkylation sites (N-methyl/N-ethyl adjacent to an activating group) is 1. The van der Waals surface area contributed by atoms with Gasteiger partial charge in [-0.05, 0) is 80.1 Å². The zero-order chi connectivity index (χ0) is 27.9. The molecule has 0 unspecified atom stereocenters. The molecule has 0 aliphatic carbocycles. The number of sulfonamides is 1. The van der Waals surface area contributed by atoms with E-state index in [4.69, 9.17) is 16.3 Å². The fourth-order valence-electron chi connectivity index (χ4n) is 3.72. The second-order valence-corrected chi connectivity index (χ2v) is 11.5. The molecule has 0 fully saturated rings. The summed E-state index contributed by atoms with van der Waals surface area (Å²) in [7, 11) is -2.69. The topological polar surface area (TPSA) is 96.0 Å². The van der Waals surface area contributed by atoms with Gasteiger partial charge in [0.25, 0.3) is 10.0 Å². The molecule has 202 valence electrons. The number of nitrogens with one attached hydrogen (secondary N) is 1. The Morgan fingerprint density at radius 3 is 2.16 bits per heavy atom. The summed E-state index contributed by atoms with van der Waals surface area (Å²) in [5.41, 5.74) is 1.05. The summed E-state index contributed by atoms with van der Waals surface area (Å²) in [5.74, 6) is -0.351. The number of halogens is 2. The van der Waals surface area contributed by atoms with E-state index in [9.17, 15) is 18.0 Å². The predicted molar refractivity (Wildman–Crippen MR) is 152 cm³/mol. The van der Waals surface area contributed by atoms with Crippen molar-refractivity contribution in [3.05, 3.63) is 87.9 Å². The Morgan fingerprint density at radius 1 is 1.00 bits per heavy atom. The van der Waals surface area contributed by atoms with E-state index in [1.807, 2.05) is 31.2 Å². The van der Waals surface area contributed by atoms with Crippen molar-refractivity contribution >= 4 is 55.1 Å². The third-order valence-electron chi connectivity index (χ3n) is 5.80. The molecule has 0 aliphatic heterocycles. The van der Waals surface area contributed by atoms with E-state index in [0.29, 0.717) is 17.4 Å². The van der Waals surface area contributed by atoms with Gasteiger partial charge in [-0.25, -0.2) is 8.42 Å². The lowest BCUT2D eigenvalue weighted by Gasteiger charge is -2.31. The minimum absolute atomic E-state index is 0.0256. The fourth-order valence-corrected chi connectivity index (χ4v) is 5.52. The highest BCUT2D eigenvalue weighted by molar-refractivity contribution is 9.10. The number of hydrogen-bond acceptors (Lipinski definition) is 5. The highest BCUT2D eigenvalue weighted by atomic mass is 79.9. The van der Waals surface area contributed by atoms with E-state index in [1.165, 1.54) is 36.2 Å². The highest BCUT2D eigenvalue weighted by Crippen LogP contribution is 2.27. The van der Waals surface area contributed by atoms with Gasteiger partial charge in [-0.1, -0.05) is 39.7 Å². The molecule has 0 aromatic heterocycles. The Hall–Kier alpha value is -3.08. The van der Waals surface area contributed by atoms with Crippen LogP contribution >= 0.6 is 27.5 Å². The van der Waals surface area contributed by atoms with Gasteiger partial charge in [-0.2, -0.15) is 0 Å². The zero-order valence-corrected chi connectivity index (χ0v) is 24.4. The normalized spacial score (nSPS) is 11.9. The molecule has 0 radical (unpaired) electrons. The standard InChI is InChI=1S/C27H29BrClN3O5S/c1-4-37-24-13-11-23(12-14-24)32(38(35,36)25-15-9-22(29)10-16-25)18-26(33)31(19(2)27(34)30-3)17-20-5-7-21(28)8-6-20/h5-16,19H,4,17-18H2,1-3H3,(H,30,34)/t19-/m0/s1. The Morgan fingerprint density at radius 2 is 1.61 bits per heavy atom. The van der Waals surface area contributed by atoms with Gasteiger partial charge in [0.15, 0.2) is 0 Å². The third-order valence-corrected chi connectivity index (χ3v) is 8.36. The molecule has 11 heteroatoms. The Labute approximate surface area is 236 Å². The van der Waals surface area contributed by atoms with Crippen molar-refractivity contribution in [2.24, 2.45) is 0 Å². The van der Waals surface area contributed by atoms with Crippen LogP contribution in [0.4, 0.5) is 5.69 Å². The number of ether oxygens (including phenoxy) is 1. The second kappa shape index (κ2) is 13.1. The Bertz CT molecular complexity index is 1350. The molecule has 2 amide bonds. The molecule has 0 aliphatic rings. The molecule has 8 nitrogen and oxygen atoms in total. The van der Waals surface area contributed by atoms with E-state index in [0.717, 1.165) is 14.3 Å². The second-order valence-electron chi connectivity index (χ2n) is 8.33. The number of hydrogen-bond donors (Lipinski definition) is 1. The van der Waals surface area contributed by atoms with Crippen LogP contribution in [0.25, 0.3) is 0 Å². The fraction of sp³-hybridized carbons (Fsp3) is 0.259. The summed E-state index contributed by atoms with van der Waals surface area (Å²) in [6.45, 7) is 3.48. The van der Waals surface area contributed by atoms with E-state index < -0.39 is 28.5 Å². The molecule has 0 saturated heterocycles. The van der Waals surface area contributed by atoms with Crippen LogP contribution in [0, 0.1) is 0 Å². The lowest BCUT2D eigenvalue weighted by atomic mass is 10.1. The molecule has 0 spiro atoms. The van der Waals surface area contributed by atoms with Crippen molar-refractivity contribution in [1.82, 2.24) is 10.2 Å². The number of carbonyl (C=O) groups is 2. The van der Waals surface area contributed by atoms with Gasteiger partial charge in [0.05, 0.1) is 17.2 Å². The Kier molecular flexibility index (Phi) is 10.2. The molecular weight excluding hydrogens is 594 g/mol. The van der Waals surface area contributed by atoms with E-state index in [-0.39, 0.29) is 23.0 Å². The zero-order valence-electron chi connectivity index (χ0n) is 21.2. The summed E-state index contributed by atoms with van der Waals surface area (Å²) in [6, 6.07) is 18.6. The quantitative estimate of drug-likeness (QED) is 0.330. The smallest absolute Gasteiger partial charge is 0.264 e. The molecule has 3 rings (SSSR count). The Balaban J connectivity index is 2.02. The summed E-state index contributed by atoms with van der Waals surface area (Å²) in [5, 5.41) is 2.94. The number of anilines is 1. The maximum Gasteiger partial charge on any atom is 0.264 e. The monoisotopic (exact) mass is 621 g/mol. The number of nitrogens with zero attached hydrogens (tertiary/aromatic N) is 2. The molecule has 38 heavy (non-hydrogen) atoms. The van der Waals surface area contributed by atoms with Gasteiger partial charge in [0.1, 0.15) is 18.3 Å². The summed E-state index contributed by atoms with van der Waals surface area (Å²) in [6.07, 6.45) is 0. The number of rotatable bonds is 11. The molecule has 3 aromatic carbocycles. The summed E-state index contributed by atoms with van der Waals surface area (Å²) in [4.78, 5) is 27.6. The van der Waals surface area contributed by atoms with E-state index >= 15 is 0 Å². The summed E-state index contributed by atoms with van der Waals surface area (Å²) >= 11 is 9.36. The first-order chi connectivity index (χ1) is 18.1. The van der Waals surface area contributed by atoms with Crippen LogP contribution in [0.3, 0.4) is 0 Å². The van der Waals surface area contributed by atoms with Crippen LogP contribution in [0.15, 0.2) is 82.2 Å². The average Bonchev–Trinajstić information content (AvgIpc) is 2.91. The maximum absolute atomic E-state index is 13.8. The van der Waals surface area contributed by atoms with Crippen molar-refractivity contribution in [2.75, 3.05) is 24.5 Å². The van der Waals surface area contributed by atoms with Gasteiger partial charge in [-0.3, -0.25) is 13.9 Å². The molecule has 1 N–H and O–H groups in total. The van der Waals surface area contributed by atoms with Gasteiger partial charge >= 0.3 is 0 Å². The number of amides is 2. The van der Waals surface area contributed by atoms with Crippen LogP contribution in [-0.4, -0.2) is 51.4 Å². The van der Waals surface area contributed by atoms with Crippen molar-refractivity contribution in [3.8, 4) is 5.75 Å². The molecule has 0 heterocycles. The van der Waals surface area contributed by atoms with Crippen LogP contribution < -0.4 is 14.4 Å². The van der Waals surface area contributed by atoms with Crippen LogP contribution in [-0.2, 0) is 26.2 Å². The van der Waals surface area contributed by atoms with E-state index in [2.05, 4.69) is 21.2 Å². The first kappa shape index (κ1) is 29.5. The maximum atomic E-state index is 13.8. The average molecular weight is 623 g/mol. The van der Waals surface area contributed by atoms with Gasteiger partial charge in [-0.15, -0.1) is 0 Å². The van der Waals surface area contributed by atoms with E-state index in [1.54, 1.807) is 31.2 Å². The first-order valence-electron chi connectivity index (χ1n) is 11.8. The highest BCUT2D eigenvalue weighted by Gasteiger charge is 2.32. The summed E-state index contributed by atoms with van der Waals surface area (Å²) < 4.78 is 34.9. The lowest BCUT2D eigenvalue weighted by Crippen LogP contribution is -2.50. The molecule has 3 aromatic rings. The van der Waals surface area contributed by atoms with Crippen molar-refractivity contribution < 1.29 is 22.7 Å². The molecule has 0 saturated carbocycles. The predicted octanol–water partition coefficient (Wildman–Crippen LogP) is 4.86. The largest absolute Gasteiger partial charge is 0.494 e. The van der Waals surface area contributed by atoms with Gasteiger partial charge < -0.3 is 15.0 Å². The number of benzene rings is 3. The van der Waals surface area contributed by atoms with Crippen LogP contribution in [0.5, 0.6) is 5.75 Å². The van der Waals surface area contributed by atoms with Gasteiger partial charge in [0.2, 0.25) is 11.8 Å². The van der Waals surface area contributed by atoms with Crippen LogP contribution in [0.1, 0.15) is 19.4 Å². The minimum atomic E-state index is -4.17. The van der Waals surface area contributed by atoms with Crippen molar-refractivity contribution in [1.29, 1.82) is 0 Å². The molecular formula is C27H29BrClN3O5S. The minimum Gasteiger partial charge on any atom is -0.494 e. The SMILES string of the molecule is CCOc1ccc(N(CC(=O)N(Cc2ccc(Br)cc2)[C@@H](C)C(=O)NC)S(=O)(=O)c2ccc(Cl)cc2)cc1. The van der Waals surface area contributed by atoms with Crippen molar-refractivity contribution in [3.63, 3.8) is 0 Å². The first-order valence-corrected chi connectivity index (χ1v) is 14.4. The third kappa shape index (κ3) is 7.27. The number of carbonyl (C=O) groups excluding carboxylic acids is 2.